The average molecular weight is 257 g/mol. The molecule has 1 aliphatic heterocycles. The molecule has 2 nitrogen and oxygen atoms in total. The molecule has 0 bridgehead atoms. The van der Waals surface area contributed by atoms with Crippen LogP contribution in [-0.4, -0.2) is 27.8 Å². The highest BCUT2D eigenvalue weighted by atomic mass is 32.2. The Labute approximate surface area is 110 Å². The van der Waals surface area contributed by atoms with Gasteiger partial charge in [-0.3, -0.25) is 0 Å². The third-order valence-electron chi connectivity index (χ3n) is 4.67. The van der Waals surface area contributed by atoms with Gasteiger partial charge in [0.15, 0.2) is 0 Å². The first-order chi connectivity index (χ1) is 7.77. The van der Waals surface area contributed by atoms with E-state index in [-0.39, 0.29) is 11.0 Å². The summed E-state index contributed by atoms with van der Waals surface area (Å²) in [5.74, 6) is 2.79. The van der Waals surface area contributed by atoms with Gasteiger partial charge >= 0.3 is 0 Å². The highest BCUT2D eigenvalue weighted by Gasteiger charge is 2.53. The van der Waals surface area contributed by atoms with Crippen LogP contribution in [0.25, 0.3) is 0 Å². The zero-order valence-corrected chi connectivity index (χ0v) is 12.3. The lowest BCUT2D eigenvalue weighted by Crippen LogP contribution is -2.65. The number of aliphatic hydroxyl groups is 1. The number of thioether (sulfide) groups is 1. The minimum absolute atomic E-state index is 0.226. The summed E-state index contributed by atoms with van der Waals surface area (Å²) >= 11 is 1.97. The topological polar surface area (TPSA) is 46.2 Å². The maximum Gasteiger partial charge on any atom is 0.0834 e. The van der Waals surface area contributed by atoms with E-state index in [1.165, 1.54) is 6.42 Å². The number of rotatable bonds is 1. The fraction of sp³-hybridized carbons (Fsp3) is 1.00. The smallest absolute Gasteiger partial charge is 0.0834 e. The Hall–Kier alpha value is 0.270. The largest absolute Gasteiger partial charge is 0.388 e. The van der Waals surface area contributed by atoms with Gasteiger partial charge in [0, 0.05) is 5.54 Å². The molecule has 1 saturated carbocycles. The monoisotopic (exact) mass is 257 g/mol. The minimum atomic E-state index is -0.644. The second-order valence-electron chi connectivity index (χ2n) is 7.15. The maximum absolute atomic E-state index is 11.1. The van der Waals surface area contributed by atoms with Crippen molar-refractivity contribution in [2.24, 2.45) is 17.1 Å². The van der Waals surface area contributed by atoms with Crippen LogP contribution in [0.15, 0.2) is 0 Å². The number of nitrogens with two attached hydrogens (primary N) is 1. The number of hydrogen-bond acceptors (Lipinski definition) is 3. The molecule has 1 saturated heterocycles. The van der Waals surface area contributed by atoms with Crippen molar-refractivity contribution in [2.75, 3.05) is 11.5 Å². The molecule has 0 aromatic rings. The third-order valence-corrected chi connectivity index (χ3v) is 5.66. The molecule has 0 amide bonds. The predicted molar refractivity (Wildman–Crippen MR) is 75.2 cm³/mol. The van der Waals surface area contributed by atoms with Crippen LogP contribution in [-0.2, 0) is 0 Å². The summed E-state index contributed by atoms with van der Waals surface area (Å²) in [6.45, 7) is 6.80. The predicted octanol–water partition coefficient (Wildman–Crippen LogP) is 2.79. The molecular weight excluding hydrogens is 230 g/mol. The van der Waals surface area contributed by atoms with E-state index in [0.29, 0.717) is 5.92 Å². The van der Waals surface area contributed by atoms with Crippen LogP contribution in [0.3, 0.4) is 0 Å². The lowest BCUT2D eigenvalue weighted by molar-refractivity contribution is -0.113. The highest BCUT2D eigenvalue weighted by molar-refractivity contribution is 7.99. The highest BCUT2D eigenvalue weighted by Crippen LogP contribution is 2.50. The van der Waals surface area contributed by atoms with Crippen molar-refractivity contribution in [3.63, 3.8) is 0 Å². The van der Waals surface area contributed by atoms with Crippen LogP contribution in [0.2, 0.25) is 0 Å². The summed E-state index contributed by atoms with van der Waals surface area (Å²) in [6.07, 6.45) is 4.90. The zero-order valence-electron chi connectivity index (χ0n) is 11.5. The van der Waals surface area contributed by atoms with Crippen molar-refractivity contribution < 1.29 is 5.11 Å². The van der Waals surface area contributed by atoms with Crippen LogP contribution in [0.1, 0.15) is 52.9 Å². The summed E-state index contributed by atoms with van der Waals surface area (Å²) in [5, 5.41) is 11.1. The summed E-state index contributed by atoms with van der Waals surface area (Å²) in [7, 11) is 0. The molecule has 2 rings (SSSR count). The number of hydrogen-bond donors (Lipinski definition) is 2. The van der Waals surface area contributed by atoms with E-state index in [0.717, 1.165) is 37.2 Å². The Morgan fingerprint density at radius 1 is 1.18 bits per heavy atom. The molecule has 1 aliphatic carbocycles. The van der Waals surface area contributed by atoms with E-state index in [4.69, 9.17) is 5.73 Å². The summed E-state index contributed by atoms with van der Waals surface area (Å²) in [5.41, 5.74) is 5.83. The molecule has 3 heteroatoms. The van der Waals surface area contributed by atoms with Gasteiger partial charge < -0.3 is 10.8 Å². The van der Waals surface area contributed by atoms with Crippen molar-refractivity contribution in [3.8, 4) is 0 Å². The molecule has 2 unspecified atom stereocenters. The lowest BCUT2D eigenvalue weighted by Gasteiger charge is -2.54. The molecular formula is C14H27NOS. The molecule has 2 fully saturated rings. The quantitative estimate of drug-likeness (QED) is 0.759. The van der Waals surface area contributed by atoms with Crippen LogP contribution in [0.4, 0.5) is 0 Å². The van der Waals surface area contributed by atoms with Crippen molar-refractivity contribution in [1.29, 1.82) is 0 Å². The minimum Gasteiger partial charge on any atom is -0.388 e. The van der Waals surface area contributed by atoms with Crippen LogP contribution >= 0.6 is 11.8 Å². The fourth-order valence-electron chi connectivity index (χ4n) is 4.11. The molecule has 100 valence electrons. The normalized spacial score (nSPS) is 41.1. The molecule has 2 atom stereocenters. The zero-order chi connectivity index (χ0) is 12.7. The Bertz CT molecular complexity index is 286. The van der Waals surface area contributed by atoms with E-state index < -0.39 is 5.60 Å². The van der Waals surface area contributed by atoms with Crippen molar-refractivity contribution in [2.45, 2.75) is 64.0 Å². The average Bonchev–Trinajstić information content (AvgIpc) is 2.14. The second kappa shape index (κ2) is 4.43. The van der Waals surface area contributed by atoms with Crippen LogP contribution in [0, 0.1) is 11.3 Å². The Kier molecular flexibility index (Phi) is 3.57. The third kappa shape index (κ3) is 2.66. The summed E-state index contributed by atoms with van der Waals surface area (Å²) < 4.78 is 0. The van der Waals surface area contributed by atoms with Gasteiger partial charge in [-0.15, -0.1) is 0 Å². The van der Waals surface area contributed by atoms with Crippen molar-refractivity contribution >= 4 is 11.8 Å². The van der Waals surface area contributed by atoms with E-state index in [2.05, 4.69) is 20.8 Å². The van der Waals surface area contributed by atoms with Gasteiger partial charge in [0.2, 0.25) is 0 Å². The first kappa shape index (κ1) is 13.7. The van der Waals surface area contributed by atoms with Gasteiger partial charge in [-0.25, -0.2) is 0 Å². The van der Waals surface area contributed by atoms with Crippen LogP contribution < -0.4 is 5.73 Å². The molecule has 0 aromatic carbocycles. The van der Waals surface area contributed by atoms with Crippen LogP contribution in [0.5, 0.6) is 0 Å². The van der Waals surface area contributed by atoms with Gasteiger partial charge in [0.1, 0.15) is 0 Å². The fourth-order valence-corrected chi connectivity index (χ4v) is 5.33. The first-order valence-corrected chi connectivity index (χ1v) is 8.01. The van der Waals surface area contributed by atoms with Gasteiger partial charge in [-0.05, 0) is 54.9 Å². The molecule has 3 N–H and O–H groups in total. The van der Waals surface area contributed by atoms with Crippen molar-refractivity contribution in [1.82, 2.24) is 0 Å². The SMILES string of the molecule is CC1CC(C)(C)CC(O)(C2(N)CCSCC2)C1. The van der Waals surface area contributed by atoms with Gasteiger partial charge in [0.25, 0.3) is 0 Å². The Balaban J connectivity index is 2.21. The summed E-state index contributed by atoms with van der Waals surface area (Å²) in [4.78, 5) is 0. The lowest BCUT2D eigenvalue weighted by atomic mass is 9.58. The standard InChI is InChI=1S/C14H27NOS/c1-11-8-12(2,3)10-14(16,9-11)13(15)4-6-17-7-5-13/h11,16H,4-10,15H2,1-3H3. The Morgan fingerprint density at radius 2 is 1.76 bits per heavy atom. The van der Waals surface area contributed by atoms with Gasteiger partial charge in [-0.2, -0.15) is 11.8 Å². The molecule has 1 heterocycles. The molecule has 2 aliphatic rings. The van der Waals surface area contributed by atoms with Crippen molar-refractivity contribution in [3.05, 3.63) is 0 Å². The van der Waals surface area contributed by atoms with E-state index in [1.807, 2.05) is 11.8 Å². The van der Waals surface area contributed by atoms with E-state index in [1.54, 1.807) is 0 Å². The second-order valence-corrected chi connectivity index (χ2v) is 8.38. The molecule has 0 aromatic heterocycles. The van der Waals surface area contributed by atoms with E-state index >= 15 is 0 Å². The summed E-state index contributed by atoms with van der Waals surface area (Å²) in [6, 6.07) is 0. The van der Waals surface area contributed by atoms with Gasteiger partial charge in [0.05, 0.1) is 5.60 Å². The molecule has 0 radical (unpaired) electrons. The molecule has 17 heavy (non-hydrogen) atoms. The maximum atomic E-state index is 11.1. The van der Waals surface area contributed by atoms with E-state index in [9.17, 15) is 5.11 Å². The van der Waals surface area contributed by atoms with Gasteiger partial charge in [-0.1, -0.05) is 20.8 Å². The molecule has 0 spiro atoms. The Morgan fingerprint density at radius 3 is 2.29 bits per heavy atom. The first-order valence-electron chi connectivity index (χ1n) is 6.85.